The van der Waals surface area contributed by atoms with E-state index in [4.69, 9.17) is 37.8 Å². The van der Waals surface area contributed by atoms with E-state index in [1.807, 2.05) is 19.1 Å². The lowest BCUT2D eigenvalue weighted by Gasteiger charge is -2.17. The molecule has 0 unspecified atom stereocenters. The van der Waals surface area contributed by atoms with Crippen molar-refractivity contribution in [2.45, 2.75) is 20.1 Å². The van der Waals surface area contributed by atoms with Crippen molar-refractivity contribution in [2.24, 2.45) is 0 Å². The first-order valence-electron chi connectivity index (χ1n) is 9.47. The van der Waals surface area contributed by atoms with Crippen LogP contribution in [0.15, 0.2) is 59.1 Å². The van der Waals surface area contributed by atoms with Crippen molar-refractivity contribution in [3.63, 3.8) is 0 Å². The molecule has 0 saturated heterocycles. The van der Waals surface area contributed by atoms with Crippen molar-refractivity contribution in [1.82, 2.24) is 0 Å². The summed E-state index contributed by atoms with van der Waals surface area (Å²) in [5, 5.41) is 13.3. The lowest BCUT2D eigenvalue weighted by atomic mass is 10.1. The molecule has 5 nitrogen and oxygen atoms in total. The van der Waals surface area contributed by atoms with Gasteiger partial charge >= 0.3 is 5.97 Å². The van der Waals surface area contributed by atoms with Crippen molar-refractivity contribution in [1.29, 1.82) is 0 Å². The average Bonchev–Trinajstić information content (AvgIpc) is 2.74. The van der Waals surface area contributed by atoms with Gasteiger partial charge in [0.25, 0.3) is 0 Å². The van der Waals surface area contributed by atoms with Gasteiger partial charge in [-0.15, -0.1) is 0 Å². The van der Waals surface area contributed by atoms with Crippen molar-refractivity contribution in [2.75, 3.05) is 11.9 Å². The Hall–Kier alpha value is -2.41. The highest BCUT2D eigenvalue weighted by Crippen LogP contribution is 2.38. The van der Waals surface area contributed by atoms with E-state index >= 15 is 0 Å². The Labute approximate surface area is 199 Å². The second kappa shape index (κ2) is 10.8. The molecule has 0 atom stereocenters. The number of nitrogens with one attached hydrogen (secondary N) is 1. The smallest absolute Gasteiger partial charge is 0.335 e. The zero-order valence-electron chi connectivity index (χ0n) is 16.6. The molecule has 0 heterocycles. The fourth-order valence-corrected chi connectivity index (χ4v) is 3.99. The van der Waals surface area contributed by atoms with E-state index in [1.54, 1.807) is 42.5 Å². The monoisotopic (exact) mass is 523 g/mol. The number of rotatable bonds is 9. The number of benzene rings is 3. The highest BCUT2D eigenvalue weighted by atomic mass is 79.9. The minimum absolute atomic E-state index is 0.199. The second-order valence-corrected chi connectivity index (χ2v) is 8.23. The minimum atomic E-state index is -0.953. The number of hydrogen-bond donors (Lipinski definition) is 2. The summed E-state index contributed by atoms with van der Waals surface area (Å²) < 4.78 is 12.5. The molecule has 3 aromatic carbocycles. The molecular formula is C23H20BrCl2NO4. The molecule has 0 spiro atoms. The number of carbonyl (C=O) groups is 1. The molecule has 0 bridgehead atoms. The summed E-state index contributed by atoms with van der Waals surface area (Å²) in [6, 6.07) is 15.7. The Kier molecular flexibility index (Phi) is 8.07. The number of hydrogen-bond acceptors (Lipinski definition) is 4. The summed E-state index contributed by atoms with van der Waals surface area (Å²) in [6.45, 7) is 3.09. The Morgan fingerprint density at radius 2 is 1.74 bits per heavy atom. The van der Waals surface area contributed by atoms with E-state index in [0.717, 1.165) is 15.7 Å². The fourth-order valence-electron chi connectivity index (χ4n) is 2.88. The van der Waals surface area contributed by atoms with Gasteiger partial charge in [0.05, 0.1) is 16.6 Å². The van der Waals surface area contributed by atoms with Crippen LogP contribution in [0.3, 0.4) is 0 Å². The van der Waals surface area contributed by atoms with Gasteiger partial charge in [0, 0.05) is 27.8 Å². The second-order valence-electron chi connectivity index (χ2n) is 6.56. The summed E-state index contributed by atoms with van der Waals surface area (Å²) in [5.74, 6) is 0.205. The van der Waals surface area contributed by atoms with Crippen LogP contribution in [0.1, 0.15) is 28.4 Å². The van der Waals surface area contributed by atoms with Crippen LogP contribution in [0.25, 0.3) is 0 Å². The van der Waals surface area contributed by atoms with Gasteiger partial charge in [0.15, 0.2) is 11.5 Å². The maximum absolute atomic E-state index is 11.0. The van der Waals surface area contributed by atoms with Crippen LogP contribution in [0.5, 0.6) is 11.5 Å². The van der Waals surface area contributed by atoms with E-state index in [9.17, 15) is 4.79 Å². The van der Waals surface area contributed by atoms with Gasteiger partial charge in [-0.1, -0.05) is 29.3 Å². The number of carboxylic acids is 1. The number of aromatic carboxylic acids is 1. The molecule has 0 aliphatic carbocycles. The van der Waals surface area contributed by atoms with Crippen LogP contribution < -0.4 is 14.8 Å². The third-order valence-corrected chi connectivity index (χ3v) is 5.72. The zero-order valence-corrected chi connectivity index (χ0v) is 19.7. The molecule has 0 saturated carbocycles. The third-order valence-electron chi connectivity index (χ3n) is 4.42. The first-order valence-corrected chi connectivity index (χ1v) is 11.0. The van der Waals surface area contributed by atoms with Gasteiger partial charge in [-0.3, -0.25) is 0 Å². The van der Waals surface area contributed by atoms with Gasteiger partial charge in [0.1, 0.15) is 6.61 Å². The number of carboxylic acid groups (broad SMARTS) is 1. The van der Waals surface area contributed by atoms with Gasteiger partial charge < -0.3 is 19.9 Å². The molecule has 0 radical (unpaired) electrons. The normalized spacial score (nSPS) is 10.6. The van der Waals surface area contributed by atoms with Crippen molar-refractivity contribution < 1.29 is 19.4 Å². The maximum atomic E-state index is 11.0. The summed E-state index contributed by atoms with van der Waals surface area (Å²) in [4.78, 5) is 11.0. The highest BCUT2D eigenvalue weighted by Gasteiger charge is 2.15. The number of anilines is 1. The van der Waals surface area contributed by atoms with Crippen LogP contribution >= 0.6 is 39.1 Å². The van der Waals surface area contributed by atoms with Gasteiger partial charge in [-0.2, -0.15) is 0 Å². The van der Waals surface area contributed by atoms with E-state index in [2.05, 4.69) is 21.2 Å². The zero-order chi connectivity index (χ0) is 22.4. The Balaban J connectivity index is 1.75. The van der Waals surface area contributed by atoms with Crippen LogP contribution in [-0.4, -0.2) is 17.7 Å². The Bertz CT molecular complexity index is 1050. The molecule has 0 amide bonds. The summed E-state index contributed by atoms with van der Waals surface area (Å²) >= 11 is 16.0. The van der Waals surface area contributed by atoms with E-state index in [0.29, 0.717) is 40.3 Å². The molecule has 2 N–H and O–H groups in total. The molecular weight excluding hydrogens is 505 g/mol. The fraction of sp³-hybridized carbons (Fsp3) is 0.174. The first-order chi connectivity index (χ1) is 14.9. The predicted molar refractivity (Wildman–Crippen MR) is 127 cm³/mol. The standard InChI is InChI=1S/C23H20BrCl2NO4/c1-2-30-21-11-14(12-27-16-8-6-15(7-9-16)23(28)29)10-18(24)22(21)31-13-17-19(25)4-3-5-20(17)26/h3-11,27H,2,12-13H2,1H3,(H,28,29). The molecule has 3 rings (SSSR count). The van der Waals surface area contributed by atoms with Crippen LogP contribution in [0, 0.1) is 0 Å². The molecule has 162 valence electrons. The summed E-state index contributed by atoms with van der Waals surface area (Å²) in [7, 11) is 0. The van der Waals surface area contributed by atoms with Crippen molar-refractivity contribution in [3.8, 4) is 11.5 Å². The molecule has 3 aromatic rings. The highest BCUT2D eigenvalue weighted by molar-refractivity contribution is 9.10. The molecule has 0 aromatic heterocycles. The van der Waals surface area contributed by atoms with Gasteiger partial charge in [-0.25, -0.2) is 4.79 Å². The van der Waals surface area contributed by atoms with Crippen LogP contribution in [0.4, 0.5) is 5.69 Å². The SMILES string of the molecule is CCOc1cc(CNc2ccc(C(=O)O)cc2)cc(Br)c1OCc1c(Cl)cccc1Cl. The van der Waals surface area contributed by atoms with Crippen molar-refractivity contribution >= 4 is 50.8 Å². The summed E-state index contributed by atoms with van der Waals surface area (Å²) in [5.41, 5.74) is 2.72. The quantitative estimate of drug-likeness (QED) is 0.314. The van der Waals surface area contributed by atoms with E-state index < -0.39 is 5.97 Å². The number of halogens is 3. The molecule has 0 aliphatic rings. The largest absolute Gasteiger partial charge is 0.490 e. The minimum Gasteiger partial charge on any atom is -0.490 e. The average molecular weight is 525 g/mol. The van der Waals surface area contributed by atoms with Gasteiger partial charge in [-0.05, 0) is 76.9 Å². The molecule has 8 heteroatoms. The molecule has 31 heavy (non-hydrogen) atoms. The molecule has 0 fully saturated rings. The van der Waals surface area contributed by atoms with E-state index in [-0.39, 0.29) is 12.2 Å². The van der Waals surface area contributed by atoms with Crippen LogP contribution in [-0.2, 0) is 13.2 Å². The van der Waals surface area contributed by atoms with E-state index in [1.165, 1.54) is 0 Å². The third kappa shape index (κ3) is 6.06. The van der Waals surface area contributed by atoms with Crippen molar-refractivity contribution in [3.05, 3.63) is 85.8 Å². The Morgan fingerprint density at radius 1 is 1.06 bits per heavy atom. The maximum Gasteiger partial charge on any atom is 0.335 e. The Morgan fingerprint density at radius 3 is 2.35 bits per heavy atom. The summed E-state index contributed by atoms with van der Waals surface area (Å²) in [6.07, 6.45) is 0. The lowest BCUT2D eigenvalue weighted by Crippen LogP contribution is -2.05. The van der Waals surface area contributed by atoms with Crippen LogP contribution in [0.2, 0.25) is 10.0 Å². The molecule has 0 aliphatic heterocycles. The lowest BCUT2D eigenvalue weighted by molar-refractivity contribution is 0.0697. The predicted octanol–water partition coefficient (Wildman–Crippen LogP) is 7.04. The first kappa shape index (κ1) is 23.3. The topological polar surface area (TPSA) is 67.8 Å². The number of ether oxygens (including phenoxy) is 2. The van der Waals surface area contributed by atoms with Gasteiger partial charge in [0.2, 0.25) is 0 Å².